The van der Waals surface area contributed by atoms with Crippen molar-refractivity contribution >= 4 is 5.69 Å². The Hall–Kier alpha value is -1.78. The second kappa shape index (κ2) is 4.61. The Balaban J connectivity index is 2.09. The number of nitrogens with one attached hydrogen (secondary N) is 1. The van der Waals surface area contributed by atoms with Crippen molar-refractivity contribution in [2.45, 2.75) is 26.8 Å². The summed E-state index contributed by atoms with van der Waals surface area (Å²) in [6, 6.07) is 0. The quantitative estimate of drug-likeness (QED) is 0.873. The fourth-order valence-electron chi connectivity index (χ4n) is 1.96. The highest BCUT2D eigenvalue weighted by Crippen LogP contribution is 2.15. The molecule has 92 valence electrons. The number of rotatable bonds is 4. The maximum atomic E-state index is 4.40. The van der Waals surface area contributed by atoms with Crippen LogP contribution in [0.4, 0.5) is 5.69 Å². The largest absolute Gasteiger partial charge is 0.378 e. The van der Waals surface area contributed by atoms with Crippen LogP contribution in [0.1, 0.15) is 23.9 Å². The summed E-state index contributed by atoms with van der Waals surface area (Å²) in [6.07, 6.45) is 5.00. The van der Waals surface area contributed by atoms with Gasteiger partial charge in [0.05, 0.1) is 17.1 Å². The monoisotopic (exact) mass is 233 g/mol. The molecule has 2 aromatic heterocycles. The third-order valence-corrected chi connectivity index (χ3v) is 2.82. The smallest absolute Gasteiger partial charge is 0.0853 e. The molecule has 2 rings (SSSR count). The van der Waals surface area contributed by atoms with Gasteiger partial charge in [0.2, 0.25) is 0 Å². The van der Waals surface area contributed by atoms with Gasteiger partial charge < -0.3 is 5.32 Å². The molecule has 0 spiro atoms. The van der Waals surface area contributed by atoms with Crippen molar-refractivity contribution in [3.05, 3.63) is 29.3 Å². The molecule has 2 heterocycles. The predicted molar refractivity (Wildman–Crippen MR) is 67.9 cm³/mol. The Morgan fingerprint density at radius 2 is 1.88 bits per heavy atom. The number of aryl methyl sites for hydroxylation is 4. The van der Waals surface area contributed by atoms with Gasteiger partial charge in [-0.3, -0.25) is 9.36 Å². The van der Waals surface area contributed by atoms with E-state index in [1.807, 2.05) is 42.8 Å². The van der Waals surface area contributed by atoms with E-state index in [1.54, 1.807) is 0 Å². The number of hydrogen-bond donors (Lipinski definition) is 1. The van der Waals surface area contributed by atoms with Crippen molar-refractivity contribution in [3.8, 4) is 0 Å². The Labute approximate surface area is 101 Å². The fourth-order valence-corrected chi connectivity index (χ4v) is 1.96. The fraction of sp³-hybridized carbons (Fsp3) is 0.500. The van der Waals surface area contributed by atoms with Crippen LogP contribution in [-0.2, 0) is 27.1 Å². The van der Waals surface area contributed by atoms with E-state index in [9.17, 15) is 0 Å². The number of hydrogen-bond acceptors (Lipinski definition) is 3. The minimum Gasteiger partial charge on any atom is -0.378 e. The van der Waals surface area contributed by atoms with Crippen LogP contribution in [0.3, 0.4) is 0 Å². The average Bonchev–Trinajstić information content (AvgIpc) is 2.78. The van der Waals surface area contributed by atoms with Crippen molar-refractivity contribution in [2.75, 3.05) is 5.32 Å². The van der Waals surface area contributed by atoms with Crippen LogP contribution in [0.2, 0.25) is 0 Å². The van der Waals surface area contributed by atoms with Crippen LogP contribution in [0, 0.1) is 6.92 Å². The number of anilines is 1. The van der Waals surface area contributed by atoms with Crippen molar-refractivity contribution in [2.24, 2.45) is 14.1 Å². The van der Waals surface area contributed by atoms with E-state index in [-0.39, 0.29) is 0 Å². The third-order valence-electron chi connectivity index (χ3n) is 2.82. The lowest BCUT2D eigenvalue weighted by atomic mass is 10.2. The first-order valence-corrected chi connectivity index (χ1v) is 5.85. The Morgan fingerprint density at radius 3 is 2.47 bits per heavy atom. The Bertz CT molecular complexity index is 509. The van der Waals surface area contributed by atoms with E-state index in [2.05, 4.69) is 22.4 Å². The molecule has 1 N–H and O–H groups in total. The maximum Gasteiger partial charge on any atom is 0.0853 e. The summed E-state index contributed by atoms with van der Waals surface area (Å²) < 4.78 is 3.69. The van der Waals surface area contributed by atoms with Gasteiger partial charge in [-0.15, -0.1) is 0 Å². The first-order valence-electron chi connectivity index (χ1n) is 5.85. The highest BCUT2D eigenvalue weighted by molar-refractivity contribution is 5.46. The van der Waals surface area contributed by atoms with Gasteiger partial charge in [0, 0.05) is 38.6 Å². The molecule has 0 saturated heterocycles. The van der Waals surface area contributed by atoms with Crippen molar-refractivity contribution in [1.29, 1.82) is 0 Å². The van der Waals surface area contributed by atoms with E-state index in [1.165, 1.54) is 5.56 Å². The summed E-state index contributed by atoms with van der Waals surface area (Å²) >= 11 is 0. The lowest BCUT2D eigenvalue weighted by Crippen LogP contribution is -2.01. The summed E-state index contributed by atoms with van der Waals surface area (Å²) in [5.74, 6) is 0. The van der Waals surface area contributed by atoms with E-state index in [0.717, 1.165) is 30.0 Å². The molecule has 0 fully saturated rings. The highest BCUT2D eigenvalue weighted by Gasteiger charge is 2.07. The average molecular weight is 233 g/mol. The van der Waals surface area contributed by atoms with Gasteiger partial charge >= 0.3 is 0 Å². The molecule has 5 nitrogen and oxygen atoms in total. The topological polar surface area (TPSA) is 47.7 Å². The SMILES string of the molecule is CCc1nn(C)cc1NCc1cn(C)nc1C. The molecule has 0 aliphatic carbocycles. The van der Waals surface area contributed by atoms with Crippen LogP contribution >= 0.6 is 0 Å². The number of nitrogens with zero attached hydrogens (tertiary/aromatic N) is 4. The molecule has 0 atom stereocenters. The minimum absolute atomic E-state index is 0.790. The molecule has 0 amide bonds. The molecule has 5 heteroatoms. The van der Waals surface area contributed by atoms with Crippen molar-refractivity contribution in [3.63, 3.8) is 0 Å². The van der Waals surface area contributed by atoms with Gasteiger partial charge in [-0.2, -0.15) is 10.2 Å². The summed E-state index contributed by atoms with van der Waals surface area (Å²) in [5, 5.41) is 12.1. The molecule has 0 aliphatic heterocycles. The van der Waals surface area contributed by atoms with Gasteiger partial charge in [-0.25, -0.2) is 0 Å². The van der Waals surface area contributed by atoms with Gasteiger partial charge in [0.1, 0.15) is 0 Å². The van der Waals surface area contributed by atoms with E-state index < -0.39 is 0 Å². The summed E-state index contributed by atoms with van der Waals surface area (Å²) in [6.45, 7) is 4.93. The Kier molecular flexibility index (Phi) is 3.17. The third kappa shape index (κ3) is 2.49. The van der Waals surface area contributed by atoms with Gasteiger partial charge in [0.15, 0.2) is 0 Å². The summed E-state index contributed by atoms with van der Waals surface area (Å²) in [7, 11) is 3.89. The molecule has 0 unspecified atom stereocenters. The zero-order chi connectivity index (χ0) is 12.4. The van der Waals surface area contributed by atoms with Crippen LogP contribution in [0.15, 0.2) is 12.4 Å². The van der Waals surface area contributed by atoms with Gasteiger partial charge in [-0.1, -0.05) is 6.92 Å². The van der Waals surface area contributed by atoms with Gasteiger partial charge in [-0.05, 0) is 13.3 Å². The second-order valence-electron chi connectivity index (χ2n) is 4.28. The molecule has 17 heavy (non-hydrogen) atoms. The molecule has 0 saturated carbocycles. The zero-order valence-electron chi connectivity index (χ0n) is 10.9. The second-order valence-corrected chi connectivity index (χ2v) is 4.28. The minimum atomic E-state index is 0.790. The van der Waals surface area contributed by atoms with Gasteiger partial charge in [0.25, 0.3) is 0 Å². The van der Waals surface area contributed by atoms with E-state index in [0.29, 0.717) is 0 Å². The van der Waals surface area contributed by atoms with Crippen LogP contribution in [0.25, 0.3) is 0 Å². The first kappa shape index (κ1) is 11.7. The van der Waals surface area contributed by atoms with E-state index in [4.69, 9.17) is 0 Å². The van der Waals surface area contributed by atoms with Crippen molar-refractivity contribution in [1.82, 2.24) is 19.6 Å². The normalized spacial score (nSPS) is 10.8. The predicted octanol–water partition coefficient (Wildman–Crippen LogP) is 1.64. The van der Waals surface area contributed by atoms with Crippen LogP contribution < -0.4 is 5.32 Å². The van der Waals surface area contributed by atoms with Crippen LogP contribution in [-0.4, -0.2) is 19.6 Å². The zero-order valence-corrected chi connectivity index (χ0v) is 10.9. The molecule has 0 aromatic carbocycles. The van der Waals surface area contributed by atoms with Crippen LogP contribution in [0.5, 0.6) is 0 Å². The lowest BCUT2D eigenvalue weighted by molar-refractivity contribution is 0.746. The molecule has 2 aromatic rings. The molecular weight excluding hydrogens is 214 g/mol. The van der Waals surface area contributed by atoms with E-state index >= 15 is 0 Å². The highest BCUT2D eigenvalue weighted by atomic mass is 15.3. The molecule has 0 radical (unpaired) electrons. The summed E-state index contributed by atoms with van der Waals surface area (Å²) in [5.41, 5.74) is 4.51. The standard InChI is InChI=1S/C12H19N5/c1-5-11-12(8-17(4)15-11)13-6-10-7-16(3)14-9(10)2/h7-8,13H,5-6H2,1-4H3. The molecule has 0 bridgehead atoms. The van der Waals surface area contributed by atoms with Crippen molar-refractivity contribution < 1.29 is 0 Å². The first-order chi connectivity index (χ1) is 8.10. The maximum absolute atomic E-state index is 4.40. The Morgan fingerprint density at radius 1 is 1.18 bits per heavy atom. The summed E-state index contributed by atoms with van der Waals surface area (Å²) in [4.78, 5) is 0. The number of aromatic nitrogens is 4. The molecular formula is C12H19N5. The molecule has 0 aliphatic rings. The lowest BCUT2D eigenvalue weighted by Gasteiger charge is -2.04.